The van der Waals surface area contributed by atoms with Crippen LogP contribution in [-0.4, -0.2) is 20.5 Å². The standard InChI is InChI=1S/C17H19N5/c1-17(2,3)22-15-10-14(19-11-20-15)21-13-8-4-6-12-7-5-9-18-16(12)13/h4-11H,1-3H3,(H2,19,20,21,22). The Kier molecular flexibility index (Phi) is 3.63. The lowest BCUT2D eigenvalue weighted by molar-refractivity contribution is 0.630. The SMILES string of the molecule is CC(C)(C)Nc1cc(Nc2cccc3cccnc23)ncn1. The molecule has 2 aromatic heterocycles. The van der Waals surface area contributed by atoms with Crippen molar-refractivity contribution in [3.8, 4) is 0 Å². The summed E-state index contributed by atoms with van der Waals surface area (Å²) in [6.45, 7) is 6.28. The van der Waals surface area contributed by atoms with Crippen molar-refractivity contribution < 1.29 is 0 Å². The van der Waals surface area contributed by atoms with E-state index in [1.165, 1.54) is 0 Å². The summed E-state index contributed by atoms with van der Waals surface area (Å²) in [5.41, 5.74) is 1.81. The molecular formula is C17H19N5. The van der Waals surface area contributed by atoms with Crippen molar-refractivity contribution in [2.75, 3.05) is 10.6 Å². The Balaban J connectivity index is 1.91. The second kappa shape index (κ2) is 5.60. The Hall–Kier alpha value is -2.69. The molecule has 0 unspecified atom stereocenters. The molecule has 0 saturated heterocycles. The lowest BCUT2D eigenvalue weighted by Crippen LogP contribution is -2.26. The zero-order valence-electron chi connectivity index (χ0n) is 13.0. The van der Waals surface area contributed by atoms with Crippen LogP contribution in [0.5, 0.6) is 0 Å². The Morgan fingerprint density at radius 2 is 1.68 bits per heavy atom. The fourth-order valence-corrected chi connectivity index (χ4v) is 2.22. The van der Waals surface area contributed by atoms with Gasteiger partial charge in [-0.15, -0.1) is 0 Å². The van der Waals surface area contributed by atoms with E-state index in [0.717, 1.165) is 28.2 Å². The third-order valence-electron chi connectivity index (χ3n) is 3.07. The van der Waals surface area contributed by atoms with Crippen LogP contribution in [0.4, 0.5) is 17.3 Å². The average Bonchev–Trinajstić information content (AvgIpc) is 2.46. The molecule has 2 heterocycles. The van der Waals surface area contributed by atoms with Crippen molar-refractivity contribution in [1.29, 1.82) is 0 Å². The molecule has 112 valence electrons. The van der Waals surface area contributed by atoms with E-state index in [1.54, 1.807) is 12.5 Å². The number of benzene rings is 1. The Morgan fingerprint density at radius 1 is 0.909 bits per heavy atom. The third kappa shape index (κ3) is 3.31. The van der Waals surface area contributed by atoms with Crippen LogP contribution in [0.1, 0.15) is 20.8 Å². The average molecular weight is 293 g/mol. The Morgan fingerprint density at radius 3 is 2.50 bits per heavy atom. The van der Waals surface area contributed by atoms with E-state index in [1.807, 2.05) is 36.4 Å². The highest BCUT2D eigenvalue weighted by Crippen LogP contribution is 2.24. The number of nitrogens with zero attached hydrogens (tertiary/aromatic N) is 3. The number of nitrogens with one attached hydrogen (secondary N) is 2. The van der Waals surface area contributed by atoms with Gasteiger partial charge < -0.3 is 10.6 Å². The summed E-state index contributed by atoms with van der Waals surface area (Å²) in [4.78, 5) is 13.0. The maximum atomic E-state index is 4.44. The van der Waals surface area contributed by atoms with Gasteiger partial charge in [-0.25, -0.2) is 9.97 Å². The molecule has 5 heteroatoms. The third-order valence-corrected chi connectivity index (χ3v) is 3.07. The van der Waals surface area contributed by atoms with Gasteiger partial charge in [0, 0.05) is 23.2 Å². The molecule has 0 spiro atoms. The number of aromatic nitrogens is 3. The first-order valence-corrected chi connectivity index (χ1v) is 7.22. The largest absolute Gasteiger partial charge is 0.365 e. The lowest BCUT2D eigenvalue weighted by Gasteiger charge is -2.21. The molecule has 0 fully saturated rings. The summed E-state index contributed by atoms with van der Waals surface area (Å²) in [6, 6.07) is 11.9. The van der Waals surface area contributed by atoms with Crippen molar-refractivity contribution in [2.45, 2.75) is 26.3 Å². The van der Waals surface area contributed by atoms with Crippen molar-refractivity contribution in [3.05, 3.63) is 48.9 Å². The van der Waals surface area contributed by atoms with Crippen LogP contribution >= 0.6 is 0 Å². The summed E-state index contributed by atoms with van der Waals surface area (Å²) in [7, 11) is 0. The molecule has 3 aromatic rings. The molecule has 0 aliphatic carbocycles. The van der Waals surface area contributed by atoms with Crippen LogP contribution in [0.2, 0.25) is 0 Å². The predicted octanol–water partition coefficient (Wildman–Crippen LogP) is 3.98. The topological polar surface area (TPSA) is 62.7 Å². The van der Waals surface area contributed by atoms with E-state index >= 15 is 0 Å². The molecular weight excluding hydrogens is 274 g/mol. The van der Waals surface area contributed by atoms with Gasteiger partial charge in [0.15, 0.2) is 0 Å². The summed E-state index contributed by atoms with van der Waals surface area (Å²) < 4.78 is 0. The number of para-hydroxylation sites is 1. The number of rotatable bonds is 3. The highest BCUT2D eigenvalue weighted by Gasteiger charge is 2.11. The van der Waals surface area contributed by atoms with Gasteiger partial charge in [0.05, 0.1) is 11.2 Å². The van der Waals surface area contributed by atoms with Crippen LogP contribution in [0.25, 0.3) is 10.9 Å². The van der Waals surface area contributed by atoms with Crippen LogP contribution in [0, 0.1) is 0 Å². The van der Waals surface area contributed by atoms with Gasteiger partial charge in [0.25, 0.3) is 0 Å². The molecule has 1 aromatic carbocycles. The number of hydrogen-bond donors (Lipinski definition) is 2. The smallest absolute Gasteiger partial charge is 0.135 e. The minimum absolute atomic E-state index is 0.0490. The number of fused-ring (bicyclic) bond motifs is 1. The van der Waals surface area contributed by atoms with Gasteiger partial charge in [-0.05, 0) is 32.9 Å². The van der Waals surface area contributed by atoms with E-state index in [0.29, 0.717) is 0 Å². The molecule has 0 atom stereocenters. The van der Waals surface area contributed by atoms with Crippen LogP contribution in [0.15, 0.2) is 48.9 Å². The first kappa shape index (κ1) is 14.3. The summed E-state index contributed by atoms with van der Waals surface area (Å²) in [5.74, 6) is 1.53. The van der Waals surface area contributed by atoms with Gasteiger partial charge in [0.1, 0.15) is 18.0 Å². The van der Waals surface area contributed by atoms with E-state index in [4.69, 9.17) is 0 Å². The van der Waals surface area contributed by atoms with Crippen LogP contribution in [0.3, 0.4) is 0 Å². The van der Waals surface area contributed by atoms with E-state index in [-0.39, 0.29) is 5.54 Å². The summed E-state index contributed by atoms with van der Waals surface area (Å²) in [5, 5.41) is 7.75. The second-order valence-corrected chi connectivity index (χ2v) is 6.17. The second-order valence-electron chi connectivity index (χ2n) is 6.17. The number of anilines is 3. The predicted molar refractivity (Wildman–Crippen MR) is 90.4 cm³/mol. The minimum Gasteiger partial charge on any atom is -0.365 e. The van der Waals surface area contributed by atoms with Crippen molar-refractivity contribution in [2.24, 2.45) is 0 Å². The highest BCUT2D eigenvalue weighted by molar-refractivity contribution is 5.91. The first-order valence-electron chi connectivity index (χ1n) is 7.22. The molecule has 2 N–H and O–H groups in total. The van der Waals surface area contributed by atoms with Gasteiger partial charge in [-0.3, -0.25) is 4.98 Å². The van der Waals surface area contributed by atoms with Gasteiger partial charge in [-0.2, -0.15) is 0 Å². The number of hydrogen-bond acceptors (Lipinski definition) is 5. The van der Waals surface area contributed by atoms with Gasteiger partial charge in [-0.1, -0.05) is 18.2 Å². The summed E-state index contributed by atoms with van der Waals surface area (Å²) in [6.07, 6.45) is 3.34. The monoisotopic (exact) mass is 293 g/mol. The highest BCUT2D eigenvalue weighted by atomic mass is 15.1. The van der Waals surface area contributed by atoms with E-state index in [9.17, 15) is 0 Å². The zero-order valence-corrected chi connectivity index (χ0v) is 13.0. The molecule has 0 amide bonds. The lowest BCUT2D eigenvalue weighted by atomic mass is 10.1. The van der Waals surface area contributed by atoms with Crippen LogP contribution in [-0.2, 0) is 0 Å². The normalized spacial score (nSPS) is 11.4. The maximum absolute atomic E-state index is 4.44. The molecule has 5 nitrogen and oxygen atoms in total. The first-order chi connectivity index (χ1) is 10.5. The molecule has 0 saturated carbocycles. The number of pyridine rings is 1. The molecule has 0 radical (unpaired) electrons. The van der Waals surface area contributed by atoms with Crippen molar-refractivity contribution in [3.63, 3.8) is 0 Å². The Bertz CT molecular complexity index is 787. The Labute approximate surface area is 129 Å². The fraction of sp³-hybridized carbons (Fsp3) is 0.235. The molecule has 0 bridgehead atoms. The molecule has 0 aliphatic heterocycles. The van der Waals surface area contributed by atoms with Crippen molar-refractivity contribution in [1.82, 2.24) is 15.0 Å². The molecule has 0 aliphatic rings. The zero-order chi connectivity index (χ0) is 15.6. The molecule has 22 heavy (non-hydrogen) atoms. The van der Waals surface area contributed by atoms with E-state index in [2.05, 4.69) is 46.4 Å². The van der Waals surface area contributed by atoms with Gasteiger partial charge in [0.2, 0.25) is 0 Å². The fourth-order valence-electron chi connectivity index (χ4n) is 2.22. The summed E-state index contributed by atoms with van der Waals surface area (Å²) >= 11 is 0. The van der Waals surface area contributed by atoms with Crippen LogP contribution < -0.4 is 10.6 Å². The minimum atomic E-state index is -0.0490. The molecule has 3 rings (SSSR count). The van der Waals surface area contributed by atoms with E-state index < -0.39 is 0 Å². The van der Waals surface area contributed by atoms with Crippen molar-refractivity contribution >= 4 is 28.2 Å². The maximum Gasteiger partial charge on any atom is 0.135 e. The quantitative estimate of drug-likeness (QED) is 0.765. The van der Waals surface area contributed by atoms with Gasteiger partial charge >= 0.3 is 0 Å².